The van der Waals surface area contributed by atoms with Crippen molar-refractivity contribution in [2.45, 2.75) is 0 Å². The van der Waals surface area contributed by atoms with Crippen LogP contribution in [0, 0.1) is 24.5 Å². The van der Waals surface area contributed by atoms with E-state index in [2.05, 4.69) is 9.69 Å². The quantitative estimate of drug-likeness (QED) is 0.288. The van der Waals surface area contributed by atoms with Crippen molar-refractivity contribution in [1.82, 2.24) is 13.7 Å². The summed E-state index contributed by atoms with van der Waals surface area (Å²) in [5.41, 5.74) is -5.13. The molecule has 0 aliphatic carbocycles. The topological polar surface area (TPSA) is 150 Å². The second-order valence-electron chi connectivity index (χ2n) is 10.0. The van der Waals surface area contributed by atoms with Crippen LogP contribution in [-0.4, -0.2) is 13.7 Å². The molecule has 0 amide bonds. The minimum Gasteiger partial charge on any atom is -0.268 e. The van der Waals surface area contributed by atoms with Crippen LogP contribution in [0.1, 0.15) is 5.56 Å². The number of nitriles is 1. The molecule has 0 saturated heterocycles. The SMILES string of the molecule is [C-]#[N+]c1ccc(-n2c(=O)c3c4c(=O)n(-c5ccc(C#N)cc5)c(=O)c4c4c(=O)n(-c5ccc([N+]#[C-])cc5)c(=O)c4c3c2=O)cc1. The number of fused-ring (bicyclic) bond motifs is 6. The largest absolute Gasteiger partial charge is 0.268 e. The monoisotopic (exact) mass is 588 g/mol. The summed E-state index contributed by atoms with van der Waals surface area (Å²) in [6, 6.07) is 18.3. The zero-order valence-electron chi connectivity index (χ0n) is 22.6. The molecule has 12 nitrogen and oxygen atoms in total. The van der Waals surface area contributed by atoms with Gasteiger partial charge in [-0.25, -0.2) is 23.4 Å². The van der Waals surface area contributed by atoms with Crippen LogP contribution in [-0.2, 0) is 0 Å². The van der Waals surface area contributed by atoms with Gasteiger partial charge in [0.2, 0.25) is 0 Å². The molecule has 0 spiro atoms. The van der Waals surface area contributed by atoms with Crippen molar-refractivity contribution in [2.24, 2.45) is 0 Å². The Morgan fingerprint density at radius 3 is 0.911 bits per heavy atom. The van der Waals surface area contributed by atoms with E-state index in [0.717, 1.165) is 13.7 Å². The van der Waals surface area contributed by atoms with E-state index in [1.54, 1.807) is 0 Å². The van der Waals surface area contributed by atoms with E-state index in [9.17, 15) is 34.0 Å². The zero-order chi connectivity index (χ0) is 31.7. The van der Waals surface area contributed by atoms with Gasteiger partial charge in [-0.15, -0.1) is 0 Å². The number of rotatable bonds is 3. The molecule has 0 aliphatic heterocycles. The van der Waals surface area contributed by atoms with Crippen LogP contribution in [0.4, 0.5) is 11.4 Å². The van der Waals surface area contributed by atoms with Gasteiger partial charge >= 0.3 is 0 Å². The van der Waals surface area contributed by atoms with Crippen LogP contribution < -0.4 is 33.4 Å². The standard InChI is InChI=1S/C33H12N6O6/c1-35-17-5-11-20(12-6-17)38-30(42)24-22-23(29(41)37(28(22)40)19-9-3-16(15-34)4-10-19)25-27(26(24)32(38)44)33(45)39(31(25)43)21-13-7-18(36-2)8-14-21/h3-14H. The van der Waals surface area contributed by atoms with Gasteiger partial charge in [-0.2, -0.15) is 5.26 Å². The summed E-state index contributed by atoms with van der Waals surface area (Å²) in [5, 5.41) is 6.20. The van der Waals surface area contributed by atoms with Crippen molar-refractivity contribution in [3.05, 3.63) is 163 Å². The van der Waals surface area contributed by atoms with E-state index in [1.165, 1.54) is 72.8 Å². The number of benzene rings is 4. The number of hydrogen-bond donors (Lipinski definition) is 0. The summed E-state index contributed by atoms with van der Waals surface area (Å²) < 4.78 is 2.18. The van der Waals surface area contributed by atoms with E-state index in [4.69, 9.17) is 13.1 Å². The molecule has 0 atom stereocenters. The molecule has 0 radical (unpaired) electrons. The van der Waals surface area contributed by atoms with Crippen LogP contribution in [0.25, 0.3) is 59.1 Å². The van der Waals surface area contributed by atoms with E-state index in [1.807, 2.05) is 6.07 Å². The summed E-state index contributed by atoms with van der Waals surface area (Å²) >= 11 is 0. The molecule has 0 fully saturated rings. The molecule has 0 bridgehead atoms. The first-order valence-corrected chi connectivity index (χ1v) is 13.1. The molecular formula is C33H12N6O6. The maximum atomic E-state index is 14.0. The molecule has 45 heavy (non-hydrogen) atoms. The van der Waals surface area contributed by atoms with Gasteiger partial charge < -0.3 is 0 Å². The van der Waals surface area contributed by atoms with Gasteiger partial charge in [-0.05, 0) is 48.5 Å². The van der Waals surface area contributed by atoms with Crippen LogP contribution >= 0.6 is 0 Å². The highest BCUT2D eigenvalue weighted by Crippen LogP contribution is 2.28. The van der Waals surface area contributed by atoms with Crippen LogP contribution in [0.5, 0.6) is 0 Å². The highest BCUT2D eigenvalue weighted by atomic mass is 16.2. The maximum Gasteiger partial charge on any atom is 0.267 e. The second kappa shape index (κ2) is 9.39. The van der Waals surface area contributed by atoms with Crippen LogP contribution in [0.15, 0.2) is 102 Å². The molecule has 0 saturated carbocycles. The summed E-state index contributed by atoms with van der Waals surface area (Å²) in [4.78, 5) is 90.6. The number of aromatic nitrogens is 3. The predicted molar refractivity (Wildman–Crippen MR) is 165 cm³/mol. The third kappa shape index (κ3) is 3.50. The third-order valence-corrected chi connectivity index (χ3v) is 7.73. The van der Waals surface area contributed by atoms with Crippen molar-refractivity contribution in [1.29, 1.82) is 5.26 Å². The Morgan fingerprint density at radius 1 is 0.444 bits per heavy atom. The predicted octanol–water partition coefficient (Wildman–Crippen LogP) is 2.97. The van der Waals surface area contributed by atoms with Crippen molar-refractivity contribution in [2.75, 3.05) is 0 Å². The highest BCUT2D eigenvalue weighted by Gasteiger charge is 2.31. The third-order valence-electron chi connectivity index (χ3n) is 7.73. The lowest BCUT2D eigenvalue weighted by atomic mass is 10.0. The zero-order valence-corrected chi connectivity index (χ0v) is 22.6. The van der Waals surface area contributed by atoms with Gasteiger partial charge in [-0.1, -0.05) is 24.3 Å². The molecule has 3 heterocycles. The fourth-order valence-electron chi connectivity index (χ4n) is 5.72. The van der Waals surface area contributed by atoms with Crippen molar-refractivity contribution >= 4 is 43.7 Å². The molecular weight excluding hydrogens is 576 g/mol. The van der Waals surface area contributed by atoms with Gasteiger partial charge in [0.15, 0.2) is 11.4 Å². The molecule has 0 N–H and O–H groups in total. The normalized spacial score (nSPS) is 11.1. The first-order valence-electron chi connectivity index (χ1n) is 13.1. The fraction of sp³-hybridized carbons (Fsp3) is 0. The molecule has 210 valence electrons. The smallest absolute Gasteiger partial charge is 0.267 e. The number of nitrogens with zero attached hydrogens (tertiary/aromatic N) is 6. The lowest BCUT2D eigenvalue weighted by Gasteiger charge is -2.00. The lowest BCUT2D eigenvalue weighted by Crippen LogP contribution is -2.24. The van der Waals surface area contributed by atoms with E-state index in [0.29, 0.717) is 0 Å². The summed E-state index contributed by atoms with van der Waals surface area (Å²) in [6.45, 7) is 14.4. The Morgan fingerprint density at radius 2 is 0.689 bits per heavy atom. The molecule has 3 aromatic heterocycles. The van der Waals surface area contributed by atoms with Crippen LogP contribution in [0.2, 0.25) is 0 Å². The van der Waals surface area contributed by atoms with Gasteiger partial charge in [0.05, 0.1) is 62.8 Å². The Labute approximate surface area is 249 Å². The molecule has 0 unspecified atom stereocenters. The van der Waals surface area contributed by atoms with E-state index < -0.39 is 65.7 Å². The Bertz CT molecular complexity index is 2430. The summed E-state index contributed by atoms with van der Waals surface area (Å²) in [7, 11) is 0. The van der Waals surface area contributed by atoms with Crippen LogP contribution in [0.3, 0.4) is 0 Å². The van der Waals surface area contributed by atoms with Crippen molar-refractivity contribution in [3.8, 4) is 23.1 Å². The summed E-state index contributed by atoms with van der Waals surface area (Å²) in [6.07, 6.45) is 0. The first-order chi connectivity index (χ1) is 21.7. The number of hydrogen-bond acceptors (Lipinski definition) is 7. The molecule has 7 rings (SSSR count). The second-order valence-corrected chi connectivity index (χ2v) is 10.0. The fourth-order valence-corrected chi connectivity index (χ4v) is 5.72. The maximum absolute atomic E-state index is 14.0. The minimum atomic E-state index is -0.995. The van der Waals surface area contributed by atoms with Gasteiger partial charge in [-0.3, -0.25) is 28.8 Å². The van der Waals surface area contributed by atoms with Crippen molar-refractivity contribution < 1.29 is 0 Å². The summed E-state index contributed by atoms with van der Waals surface area (Å²) in [5.74, 6) is 0. The molecule has 0 aliphatic rings. The van der Waals surface area contributed by atoms with E-state index >= 15 is 0 Å². The average Bonchev–Trinajstić information content (AvgIpc) is 3.59. The van der Waals surface area contributed by atoms with Gasteiger partial charge in [0.1, 0.15) is 0 Å². The highest BCUT2D eigenvalue weighted by molar-refractivity contribution is 6.25. The van der Waals surface area contributed by atoms with Gasteiger partial charge in [0, 0.05) is 11.4 Å². The molecule has 7 aromatic rings. The Kier molecular flexibility index (Phi) is 5.56. The van der Waals surface area contributed by atoms with E-state index in [-0.39, 0.29) is 34.0 Å². The van der Waals surface area contributed by atoms with Crippen molar-refractivity contribution in [3.63, 3.8) is 0 Å². The Hall–Kier alpha value is -7.23. The lowest BCUT2D eigenvalue weighted by molar-refractivity contribution is 0.987. The first kappa shape index (κ1) is 26.7. The molecule has 4 aromatic carbocycles. The minimum absolute atomic E-state index is 0.0365. The van der Waals surface area contributed by atoms with Gasteiger partial charge in [0.25, 0.3) is 33.4 Å². The average molecular weight is 588 g/mol. The molecule has 12 heteroatoms. The Balaban J connectivity index is 1.73.